The highest BCUT2D eigenvalue weighted by molar-refractivity contribution is 6.34. The number of carbonyl (C=O) groups excluding carboxylic acids is 1. The maximum Gasteiger partial charge on any atom is 0.305 e. The van der Waals surface area contributed by atoms with Crippen LogP contribution in [0.2, 0.25) is 10.0 Å². The summed E-state index contributed by atoms with van der Waals surface area (Å²) in [5, 5.41) is 11.4. The highest BCUT2D eigenvalue weighted by atomic mass is 35.5. The quantitative estimate of drug-likeness (QED) is 0.299. The number of hydrogen-bond donors (Lipinski definition) is 1. The first-order valence-electron chi connectivity index (χ1n) is 9.38. The number of esters is 1. The fraction of sp³-hybridized carbons (Fsp3) is 0.650. The minimum absolute atomic E-state index is 0.0136. The van der Waals surface area contributed by atoms with E-state index in [0.29, 0.717) is 35.2 Å². The third kappa shape index (κ3) is 7.34. The Kier molecular flexibility index (Phi) is 9.51. The molecule has 0 bridgehead atoms. The molecule has 1 aromatic rings. The number of benzene rings is 1. The Labute approximate surface area is 176 Å². The average Bonchev–Trinajstić information content (AvgIpc) is 2.88. The average molecular weight is 438 g/mol. The van der Waals surface area contributed by atoms with Gasteiger partial charge in [0.25, 0.3) is 0 Å². The maximum atomic E-state index is 11.1. The van der Waals surface area contributed by atoms with Crippen molar-refractivity contribution < 1.29 is 19.4 Å². The van der Waals surface area contributed by atoms with Crippen LogP contribution in [0.1, 0.15) is 44.9 Å². The number of ether oxygens (including phenoxy) is 2. The second-order valence-corrected chi connectivity index (χ2v) is 8.53. The van der Waals surface area contributed by atoms with Gasteiger partial charge in [0, 0.05) is 27.8 Å². The zero-order valence-corrected chi connectivity index (χ0v) is 17.8. The number of aliphatic hydroxyl groups is 1. The van der Waals surface area contributed by atoms with Crippen molar-refractivity contribution >= 4 is 40.8 Å². The molecule has 0 radical (unpaired) electrons. The van der Waals surface area contributed by atoms with Crippen LogP contribution in [0.3, 0.4) is 0 Å². The maximum absolute atomic E-state index is 11.1. The van der Waals surface area contributed by atoms with Gasteiger partial charge in [0.2, 0.25) is 0 Å². The Morgan fingerprint density at radius 1 is 1.11 bits per heavy atom. The van der Waals surface area contributed by atoms with Gasteiger partial charge in [-0.25, -0.2) is 0 Å². The number of rotatable bonds is 10. The molecule has 152 valence electrons. The number of alkyl halides is 1. The van der Waals surface area contributed by atoms with Crippen molar-refractivity contribution in [2.45, 2.75) is 56.4 Å². The minimum atomic E-state index is -0.466. The molecule has 0 aliphatic heterocycles. The lowest BCUT2D eigenvalue weighted by Crippen LogP contribution is -2.27. The molecule has 1 aromatic carbocycles. The molecule has 4 atom stereocenters. The van der Waals surface area contributed by atoms with Gasteiger partial charge in [-0.3, -0.25) is 4.79 Å². The molecule has 0 heterocycles. The van der Waals surface area contributed by atoms with Gasteiger partial charge in [0.15, 0.2) is 0 Å². The van der Waals surface area contributed by atoms with Gasteiger partial charge in [-0.15, -0.1) is 11.6 Å². The van der Waals surface area contributed by atoms with E-state index in [2.05, 4.69) is 4.74 Å². The third-order valence-corrected chi connectivity index (χ3v) is 6.09. The van der Waals surface area contributed by atoms with Crippen LogP contribution in [-0.4, -0.2) is 36.3 Å². The van der Waals surface area contributed by atoms with E-state index in [0.717, 1.165) is 32.1 Å². The summed E-state index contributed by atoms with van der Waals surface area (Å²) in [6.07, 6.45) is 5.39. The molecule has 1 aliphatic carbocycles. The summed E-state index contributed by atoms with van der Waals surface area (Å²) in [6.45, 7) is 0.383. The molecule has 1 aliphatic rings. The monoisotopic (exact) mass is 436 g/mol. The largest absolute Gasteiger partial charge is 0.493 e. The molecule has 4 nitrogen and oxygen atoms in total. The standard InChI is InChI=1S/C20H27Cl3O4/c1-26-20(25)7-5-3-2-4-6-16-17(19(24)11-18(16)23)12-27-15-9-13(21)8-14(22)10-15/h8-10,16-19,24H,2-7,11-12H2,1H3/t16-,17-,18+,19-/m1/s1. The van der Waals surface area contributed by atoms with Crippen molar-refractivity contribution in [3.05, 3.63) is 28.2 Å². The highest BCUT2D eigenvalue weighted by Gasteiger charge is 2.41. The molecule has 0 aromatic heterocycles. The van der Waals surface area contributed by atoms with Crippen LogP contribution in [0, 0.1) is 11.8 Å². The summed E-state index contributed by atoms with van der Waals surface area (Å²) in [7, 11) is 1.41. The first-order valence-corrected chi connectivity index (χ1v) is 10.6. The molecular weight excluding hydrogens is 411 g/mol. The Hall–Kier alpha value is -0.680. The molecule has 0 saturated heterocycles. The second-order valence-electron chi connectivity index (χ2n) is 7.09. The Bertz CT molecular complexity index is 591. The molecule has 0 unspecified atom stereocenters. The molecule has 0 amide bonds. The summed E-state index contributed by atoms with van der Waals surface area (Å²) in [5.74, 6) is 0.629. The zero-order valence-electron chi connectivity index (χ0n) is 15.5. The summed E-state index contributed by atoms with van der Waals surface area (Å²) >= 11 is 18.5. The number of aliphatic hydroxyl groups excluding tert-OH is 1. The van der Waals surface area contributed by atoms with E-state index < -0.39 is 6.10 Å². The molecule has 27 heavy (non-hydrogen) atoms. The van der Waals surface area contributed by atoms with Crippen molar-refractivity contribution in [3.63, 3.8) is 0 Å². The second kappa shape index (κ2) is 11.4. The first kappa shape index (κ1) is 22.6. The molecule has 1 fully saturated rings. The molecule has 2 rings (SSSR count). The Morgan fingerprint density at radius 2 is 1.78 bits per heavy atom. The summed E-state index contributed by atoms with van der Waals surface area (Å²) in [5.41, 5.74) is 0. The van der Waals surface area contributed by atoms with Gasteiger partial charge in [0.05, 0.1) is 19.8 Å². The van der Waals surface area contributed by atoms with Crippen molar-refractivity contribution in [2.24, 2.45) is 11.8 Å². The van der Waals surface area contributed by atoms with Crippen LogP contribution in [0.25, 0.3) is 0 Å². The smallest absolute Gasteiger partial charge is 0.305 e. The minimum Gasteiger partial charge on any atom is -0.493 e. The summed E-state index contributed by atoms with van der Waals surface area (Å²) < 4.78 is 10.5. The van der Waals surface area contributed by atoms with Gasteiger partial charge in [-0.05, 0) is 43.4 Å². The van der Waals surface area contributed by atoms with E-state index in [1.807, 2.05) is 0 Å². The van der Waals surface area contributed by atoms with Crippen molar-refractivity contribution in [2.75, 3.05) is 13.7 Å². The SMILES string of the molecule is COC(=O)CCCCCC[C@@H]1[C@@H](COc2cc(Cl)cc(Cl)c2)[C@H](O)C[C@@H]1Cl. The van der Waals surface area contributed by atoms with E-state index in [1.54, 1.807) is 18.2 Å². The summed E-state index contributed by atoms with van der Waals surface area (Å²) in [6, 6.07) is 5.07. The van der Waals surface area contributed by atoms with E-state index in [-0.39, 0.29) is 23.2 Å². The lowest BCUT2D eigenvalue weighted by atomic mass is 9.90. The van der Waals surface area contributed by atoms with Crippen LogP contribution in [0.4, 0.5) is 0 Å². The predicted molar refractivity (Wildman–Crippen MR) is 109 cm³/mol. The van der Waals surface area contributed by atoms with Crippen LogP contribution in [0.15, 0.2) is 18.2 Å². The van der Waals surface area contributed by atoms with Crippen molar-refractivity contribution in [1.82, 2.24) is 0 Å². The number of methoxy groups -OCH3 is 1. The first-order chi connectivity index (χ1) is 12.9. The predicted octanol–water partition coefficient (Wildman–Crippen LogP) is 5.49. The molecular formula is C20H27Cl3O4. The summed E-state index contributed by atoms with van der Waals surface area (Å²) in [4.78, 5) is 11.1. The molecule has 1 N–H and O–H groups in total. The highest BCUT2D eigenvalue weighted by Crippen LogP contribution is 2.40. The van der Waals surface area contributed by atoms with Crippen LogP contribution < -0.4 is 4.74 Å². The van der Waals surface area contributed by atoms with E-state index in [9.17, 15) is 9.90 Å². The van der Waals surface area contributed by atoms with Crippen LogP contribution in [-0.2, 0) is 9.53 Å². The lowest BCUT2D eigenvalue weighted by molar-refractivity contribution is -0.140. The van der Waals surface area contributed by atoms with E-state index in [1.165, 1.54) is 7.11 Å². The number of hydrogen-bond acceptors (Lipinski definition) is 4. The van der Waals surface area contributed by atoms with Crippen LogP contribution in [0.5, 0.6) is 5.75 Å². The molecule has 0 spiro atoms. The van der Waals surface area contributed by atoms with Gasteiger partial charge in [-0.1, -0.05) is 42.5 Å². The fourth-order valence-electron chi connectivity index (χ4n) is 3.67. The van der Waals surface area contributed by atoms with Crippen molar-refractivity contribution in [1.29, 1.82) is 0 Å². The third-order valence-electron chi connectivity index (χ3n) is 5.15. The van der Waals surface area contributed by atoms with Crippen LogP contribution >= 0.6 is 34.8 Å². The number of carbonyl (C=O) groups is 1. The lowest BCUT2D eigenvalue weighted by Gasteiger charge is -2.23. The molecule has 7 heteroatoms. The fourth-order valence-corrected chi connectivity index (χ4v) is 4.67. The zero-order chi connectivity index (χ0) is 19.8. The topological polar surface area (TPSA) is 55.8 Å². The van der Waals surface area contributed by atoms with E-state index in [4.69, 9.17) is 39.5 Å². The van der Waals surface area contributed by atoms with E-state index >= 15 is 0 Å². The van der Waals surface area contributed by atoms with Gasteiger partial charge in [-0.2, -0.15) is 0 Å². The normalized spacial score (nSPS) is 24.8. The Balaban J connectivity index is 1.78. The Morgan fingerprint density at radius 3 is 2.44 bits per heavy atom. The van der Waals surface area contributed by atoms with Gasteiger partial charge < -0.3 is 14.6 Å². The van der Waals surface area contributed by atoms with Crippen molar-refractivity contribution in [3.8, 4) is 5.75 Å². The van der Waals surface area contributed by atoms with Gasteiger partial charge in [0.1, 0.15) is 5.75 Å². The number of unbranched alkanes of at least 4 members (excludes halogenated alkanes) is 3. The molecule has 1 saturated carbocycles. The number of halogens is 3. The van der Waals surface area contributed by atoms with Gasteiger partial charge >= 0.3 is 5.97 Å².